The molecule has 0 spiro atoms. The minimum atomic E-state index is 0.586. The highest BCUT2D eigenvalue weighted by Crippen LogP contribution is 2.34. The van der Waals surface area contributed by atoms with Gasteiger partial charge in [0.2, 0.25) is 0 Å². The van der Waals surface area contributed by atoms with Crippen LogP contribution in [0.5, 0.6) is 0 Å². The fourth-order valence-electron chi connectivity index (χ4n) is 2.83. The molecule has 2 heteroatoms. The van der Waals surface area contributed by atoms with E-state index in [-0.39, 0.29) is 0 Å². The van der Waals surface area contributed by atoms with Crippen LogP contribution in [0, 0.1) is 11.3 Å². The van der Waals surface area contributed by atoms with Gasteiger partial charge in [-0.15, -0.1) is 0 Å². The first-order chi connectivity index (χ1) is 8.11. The number of piperidine rings is 1. The summed E-state index contributed by atoms with van der Waals surface area (Å²) in [6.45, 7) is 12.2. The molecule has 17 heavy (non-hydrogen) atoms. The average molecular weight is 238 g/mol. The third-order valence-corrected chi connectivity index (χ3v) is 4.51. The molecule has 2 rings (SSSR count). The smallest absolute Gasteiger partial charge is 0.0223 e. The maximum absolute atomic E-state index is 3.76. The molecule has 0 bridgehead atoms. The van der Waals surface area contributed by atoms with Crippen molar-refractivity contribution in [2.45, 2.75) is 58.9 Å². The fourth-order valence-corrected chi connectivity index (χ4v) is 2.83. The summed E-state index contributed by atoms with van der Waals surface area (Å²) in [7, 11) is 0. The van der Waals surface area contributed by atoms with Crippen LogP contribution in [0.2, 0.25) is 0 Å². The van der Waals surface area contributed by atoms with Gasteiger partial charge in [0.1, 0.15) is 0 Å². The Morgan fingerprint density at radius 2 is 1.88 bits per heavy atom. The zero-order valence-electron chi connectivity index (χ0n) is 12.0. The second kappa shape index (κ2) is 5.71. The zero-order chi connectivity index (χ0) is 12.3. The van der Waals surface area contributed by atoms with Crippen molar-refractivity contribution < 1.29 is 0 Å². The van der Waals surface area contributed by atoms with E-state index in [1.807, 2.05) is 0 Å². The molecular weight excluding hydrogens is 208 g/mol. The quantitative estimate of drug-likeness (QED) is 0.765. The molecule has 1 aliphatic carbocycles. The van der Waals surface area contributed by atoms with Gasteiger partial charge in [0.15, 0.2) is 0 Å². The molecule has 0 aromatic heterocycles. The van der Waals surface area contributed by atoms with E-state index in [1.165, 1.54) is 58.3 Å². The Morgan fingerprint density at radius 3 is 2.41 bits per heavy atom. The first kappa shape index (κ1) is 13.4. The molecule has 1 heterocycles. The van der Waals surface area contributed by atoms with Crippen molar-refractivity contribution in [3.05, 3.63) is 0 Å². The molecule has 1 aliphatic heterocycles. The van der Waals surface area contributed by atoms with E-state index in [0.29, 0.717) is 5.41 Å². The van der Waals surface area contributed by atoms with Gasteiger partial charge in [-0.2, -0.15) is 0 Å². The van der Waals surface area contributed by atoms with E-state index < -0.39 is 0 Å². The Balaban J connectivity index is 1.74. The van der Waals surface area contributed by atoms with Crippen LogP contribution < -0.4 is 5.32 Å². The maximum atomic E-state index is 3.76. The fraction of sp³-hybridized carbons (Fsp3) is 1.00. The monoisotopic (exact) mass is 238 g/mol. The minimum absolute atomic E-state index is 0.586. The van der Waals surface area contributed by atoms with E-state index >= 15 is 0 Å². The Morgan fingerprint density at radius 1 is 1.24 bits per heavy atom. The molecule has 2 nitrogen and oxygen atoms in total. The molecule has 1 unspecified atom stereocenters. The molecule has 2 aliphatic rings. The van der Waals surface area contributed by atoms with Gasteiger partial charge in [0.05, 0.1) is 0 Å². The van der Waals surface area contributed by atoms with E-state index in [1.54, 1.807) is 0 Å². The van der Waals surface area contributed by atoms with Crippen LogP contribution in [0.4, 0.5) is 0 Å². The summed E-state index contributed by atoms with van der Waals surface area (Å²) in [4.78, 5) is 2.69. The van der Waals surface area contributed by atoms with Crippen LogP contribution in [-0.4, -0.2) is 37.1 Å². The number of nitrogens with zero attached hydrogens (tertiary/aromatic N) is 1. The molecule has 1 atom stereocenters. The lowest BCUT2D eigenvalue weighted by Gasteiger charge is -2.38. The van der Waals surface area contributed by atoms with Gasteiger partial charge >= 0.3 is 0 Å². The maximum Gasteiger partial charge on any atom is 0.0223 e. The Kier molecular flexibility index (Phi) is 4.48. The predicted octanol–water partition coefficient (Wildman–Crippen LogP) is 2.89. The molecule has 2 fully saturated rings. The van der Waals surface area contributed by atoms with Crippen LogP contribution in [0.15, 0.2) is 0 Å². The van der Waals surface area contributed by atoms with Gasteiger partial charge < -0.3 is 10.2 Å². The number of hydrogen-bond donors (Lipinski definition) is 1. The highest BCUT2D eigenvalue weighted by atomic mass is 15.2. The van der Waals surface area contributed by atoms with Crippen molar-refractivity contribution in [1.29, 1.82) is 0 Å². The third kappa shape index (κ3) is 4.26. The number of nitrogens with one attached hydrogen (secondary N) is 1. The summed E-state index contributed by atoms with van der Waals surface area (Å²) in [5.74, 6) is 0.983. The van der Waals surface area contributed by atoms with Crippen molar-refractivity contribution >= 4 is 0 Å². The summed E-state index contributed by atoms with van der Waals surface area (Å²) in [5.41, 5.74) is 0.586. The largest absolute Gasteiger partial charge is 0.312 e. The molecule has 1 N–H and O–H groups in total. The van der Waals surface area contributed by atoms with Gasteiger partial charge in [0.25, 0.3) is 0 Å². The average Bonchev–Trinajstić information content (AvgIpc) is 3.10. The lowest BCUT2D eigenvalue weighted by Crippen LogP contribution is -2.46. The van der Waals surface area contributed by atoms with Crippen molar-refractivity contribution in [3.8, 4) is 0 Å². The minimum Gasteiger partial charge on any atom is -0.312 e. The van der Waals surface area contributed by atoms with E-state index in [9.17, 15) is 0 Å². The van der Waals surface area contributed by atoms with Gasteiger partial charge in [-0.25, -0.2) is 0 Å². The third-order valence-electron chi connectivity index (χ3n) is 4.51. The van der Waals surface area contributed by atoms with E-state index in [0.717, 1.165) is 12.0 Å². The molecule has 1 saturated heterocycles. The Hall–Kier alpha value is -0.0800. The van der Waals surface area contributed by atoms with Crippen LogP contribution in [-0.2, 0) is 0 Å². The SMILES string of the molecule is CCCNC(CN1CCC(C)(C)CC1)C1CC1. The van der Waals surface area contributed by atoms with Gasteiger partial charge in [-0.3, -0.25) is 0 Å². The second-order valence-corrected chi connectivity index (χ2v) is 6.86. The number of likely N-dealkylation sites (tertiary alicyclic amines) is 1. The Labute approximate surface area is 107 Å². The van der Waals surface area contributed by atoms with Gasteiger partial charge in [-0.05, 0) is 63.1 Å². The van der Waals surface area contributed by atoms with Crippen LogP contribution in [0.3, 0.4) is 0 Å². The zero-order valence-corrected chi connectivity index (χ0v) is 12.0. The molecule has 0 radical (unpaired) electrons. The lowest BCUT2D eigenvalue weighted by atomic mass is 9.82. The molecular formula is C15H30N2. The van der Waals surface area contributed by atoms with Crippen LogP contribution in [0.1, 0.15) is 52.9 Å². The highest BCUT2D eigenvalue weighted by Gasteiger charge is 2.33. The predicted molar refractivity (Wildman–Crippen MR) is 74.3 cm³/mol. The molecule has 0 amide bonds. The summed E-state index contributed by atoms with van der Waals surface area (Å²) >= 11 is 0. The summed E-state index contributed by atoms with van der Waals surface area (Å²) in [6.07, 6.45) is 6.92. The van der Waals surface area contributed by atoms with Crippen molar-refractivity contribution in [2.75, 3.05) is 26.2 Å². The Bertz CT molecular complexity index is 223. The normalized spacial score (nSPS) is 27.0. The molecule has 100 valence electrons. The summed E-state index contributed by atoms with van der Waals surface area (Å²) < 4.78 is 0. The van der Waals surface area contributed by atoms with Crippen molar-refractivity contribution in [3.63, 3.8) is 0 Å². The van der Waals surface area contributed by atoms with Gasteiger partial charge in [-0.1, -0.05) is 20.8 Å². The first-order valence-electron chi connectivity index (χ1n) is 7.56. The van der Waals surface area contributed by atoms with Gasteiger partial charge in [0, 0.05) is 12.6 Å². The van der Waals surface area contributed by atoms with Crippen molar-refractivity contribution in [1.82, 2.24) is 10.2 Å². The lowest BCUT2D eigenvalue weighted by molar-refractivity contribution is 0.119. The first-order valence-corrected chi connectivity index (χ1v) is 7.56. The number of rotatable bonds is 6. The number of hydrogen-bond acceptors (Lipinski definition) is 2. The van der Waals surface area contributed by atoms with Crippen LogP contribution >= 0.6 is 0 Å². The topological polar surface area (TPSA) is 15.3 Å². The second-order valence-electron chi connectivity index (χ2n) is 6.86. The molecule has 0 aromatic rings. The highest BCUT2D eigenvalue weighted by molar-refractivity contribution is 4.90. The molecule has 0 aromatic carbocycles. The van der Waals surface area contributed by atoms with Crippen molar-refractivity contribution in [2.24, 2.45) is 11.3 Å². The molecule has 1 saturated carbocycles. The van der Waals surface area contributed by atoms with E-state index in [4.69, 9.17) is 0 Å². The summed E-state index contributed by atoms with van der Waals surface area (Å²) in [6, 6.07) is 0.774. The standard InChI is InChI=1S/C15H30N2/c1-4-9-16-14(13-5-6-13)12-17-10-7-15(2,3)8-11-17/h13-14,16H,4-12H2,1-3H3. The van der Waals surface area contributed by atoms with Crippen LogP contribution in [0.25, 0.3) is 0 Å². The van der Waals surface area contributed by atoms with E-state index in [2.05, 4.69) is 31.0 Å². The summed E-state index contributed by atoms with van der Waals surface area (Å²) in [5, 5.41) is 3.76.